The summed E-state index contributed by atoms with van der Waals surface area (Å²) in [5.74, 6) is 0.706. The molecule has 2 amide bonds. The molecule has 0 bridgehead atoms. The molecule has 4 aromatic rings. The summed E-state index contributed by atoms with van der Waals surface area (Å²) in [6, 6.07) is 25.6. The molecule has 7 rings (SSSR count). The number of benzene rings is 3. The van der Waals surface area contributed by atoms with Crippen molar-refractivity contribution in [3.8, 4) is 12.1 Å². The molecule has 0 aliphatic carbocycles. The minimum absolute atomic E-state index is 0.0374. The summed E-state index contributed by atoms with van der Waals surface area (Å²) in [7, 11) is 0. The summed E-state index contributed by atoms with van der Waals surface area (Å²) in [5.41, 5.74) is 3.82. The Kier molecular flexibility index (Phi) is 9.79. The van der Waals surface area contributed by atoms with Gasteiger partial charge in [-0.1, -0.05) is 66.7 Å². The van der Waals surface area contributed by atoms with Crippen LogP contribution in [-0.4, -0.2) is 102 Å². The zero-order chi connectivity index (χ0) is 34.5. The lowest BCUT2D eigenvalue weighted by molar-refractivity contribution is -0.0159. The fourth-order valence-electron chi connectivity index (χ4n) is 6.99. The summed E-state index contributed by atoms with van der Waals surface area (Å²) >= 11 is 0. The van der Waals surface area contributed by atoms with E-state index in [0.717, 1.165) is 39.8 Å². The van der Waals surface area contributed by atoms with E-state index < -0.39 is 24.3 Å². The van der Waals surface area contributed by atoms with Crippen LogP contribution in [0.3, 0.4) is 0 Å². The number of hydrogen-bond donors (Lipinski definition) is 1. The fraction of sp³-hybridized carbons (Fsp3) is 0.378. The van der Waals surface area contributed by atoms with Crippen LogP contribution in [0, 0.1) is 11.3 Å². The van der Waals surface area contributed by atoms with Gasteiger partial charge < -0.3 is 34.0 Å². The number of fused-ring (bicyclic) bond motifs is 2. The van der Waals surface area contributed by atoms with E-state index in [2.05, 4.69) is 46.2 Å². The zero-order valence-corrected chi connectivity index (χ0v) is 27.7. The monoisotopic (exact) mass is 677 g/mol. The first-order valence-electron chi connectivity index (χ1n) is 16.9. The molecule has 0 radical (unpaired) electrons. The van der Waals surface area contributed by atoms with Gasteiger partial charge in [0.25, 0.3) is 0 Å². The first-order valence-corrected chi connectivity index (χ1v) is 16.9. The topological polar surface area (TPSA) is 145 Å². The van der Waals surface area contributed by atoms with Crippen LogP contribution in [0.25, 0.3) is 10.8 Å². The normalized spacial score (nSPS) is 19.1. The molecule has 3 aromatic carbocycles. The quantitative estimate of drug-likeness (QED) is 0.277. The molecule has 2 saturated heterocycles. The molecule has 4 heterocycles. The second-order valence-electron chi connectivity index (χ2n) is 12.6. The van der Waals surface area contributed by atoms with Crippen LogP contribution in [0.4, 0.5) is 21.1 Å². The maximum atomic E-state index is 13.2. The first kappa shape index (κ1) is 32.9. The third-order valence-electron chi connectivity index (χ3n) is 9.56. The highest BCUT2D eigenvalue weighted by molar-refractivity contribution is 5.94. The Labute approximate surface area is 290 Å². The Bertz CT molecular complexity index is 1880. The Balaban J connectivity index is 1.16. The molecule has 1 aromatic heterocycles. The molecule has 50 heavy (non-hydrogen) atoms. The number of anilines is 2. The summed E-state index contributed by atoms with van der Waals surface area (Å²) in [6.07, 6.45) is -0.663. The highest BCUT2D eigenvalue weighted by Gasteiger charge is 2.35. The molecule has 258 valence electrons. The van der Waals surface area contributed by atoms with Crippen molar-refractivity contribution < 1.29 is 28.9 Å². The van der Waals surface area contributed by atoms with Crippen molar-refractivity contribution in [1.29, 1.82) is 5.26 Å². The van der Waals surface area contributed by atoms with E-state index in [4.69, 9.17) is 24.2 Å². The van der Waals surface area contributed by atoms with Gasteiger partial charge in [-0.05, 0) is 23.4 Å². The van der Waals surface area contributed by atoms with Crippen molar-refractivity contribution in [2.24, 2.45) is 0 Å². The van der Waals surface area contributed by atoms with Crippen LogP contribution >= 0.6 is 0 Å². The Hall–Kier alpha value is -5.61. The van der Waals surface area contributed by atoms with E-state index in [1.807, 2.05) is 42.5 Å². The van der Waals surface area contributed by atoms with Crippen LogP contribution in [0.15, 0.2) is 72.8 Å². The smallest absolute Gasteiger partial charge is 0.410 e. The van der Waals surface area contributed by atoms with Crippen molar-refractivity contribution in [2.45, 2.75) is 38.1 Å². The number of aromatic nitrogens is 2. The summed E-state index contributed by atoms with van der Waals surface area (Å²) in [4.78, 5) is 42.3. The molecule has 0 spiro atoms. The summed E-state index contributed by atoms with van der Waals surface area (Å²) in [6.45, 7) is 3.48. The van der Waals surface area contributed by atoms with E-state index >= 15 is 0 Å². The number of piperazine rings is 1. The van der Waals surface area contributed by atoms with Crippen molar-refractivity contribution in [3.63, 3.8) is 0 Å². The maximum absolute atomic E-state index is 13.2. The highest BCUT2D eigenvalue weighted by Crippen LogP contribution is 2.35. The fourth-order valence-corrected chi connectivity index (χ4v) is 6.99. The van der Waals surface area contributed by atoms with Gasteiger partial charge in [0.15, 0.2) is 0 Å². The largest absolute Gasteiger partial charge is 0.465 e. The maximum Gasteiger partial charge on any atom is 0.410 e. The summed E-state index contributed by atoms with van der Waals surface area (Å²) in [5, 5.41) is 21.8. The second-order valence-corrected chi connectivity index (χ2v) is 12.6. The van der Waals surface area contributed by atoms with Crippen molar-refractivity contribution >= 4 is 34.5 Å². The third kappa shape index (κ3) is 7.06. The van der Waals surface area contributed by atoms with Gasteiger partial charge in [0, 0.05) is 49.4 Å². The number of rotatable bonds is 8. The molecule has 3 aliphatic heterocycles. The number of carbonyl (C=O) groups is 2. The molecule has 13 nitrogen and oxygen atoms in total. The predicted molar refractivity (Wildman–Crippen MR) is 185 cm³/mol. The molecular weight excluding hydrogens is 638 g/mol. The van der Waals surface area contributed by atoms with Crippen LogP contribution in [0.1, 0.15) is 23.2 Å². The minimum Gasteiger partial charge on any atom is -0.465 e. The first-order chi connectivity index (χ1) is 24.5. The molecule has 1 N–H and O–H groups in total. The molecular formula is C37H39N7O6. The molecule has 2 atom stereocenters. The highest BCUT2D eigenvalue weighted by atomic mass is 16.6. The SMILES string of the molecule is N#CC[C@H]1CN(c2nc(OC[C@@H]3COCCN3C(=O)O)nc3c2CCN(c2cccc4ccccc24)C3)CCN1C(=O)OCc1ccccc1. The van der Waals surface area contributed by atoms with E-state index in [1.54, 1.807) is 4.90 Å². The minimum atomic E-state index is -1.02. The van der Waals surface area contributed by atoms with Gasteiger partial charge in [-0.25, -0.2) is 9.59 Å². The zero-order valence-electron chi connectivity index (χ0n) is 27.7. The number of morpholine rings is 1. The van der Waals surface area contributed by atoms with Crippen LogP contribution < -0.4 is 14.5 Å². The standard InChI is InChI=1S/C37H39N7O6/c38-15-13-28-21-42(17-18-44(28)37(47)50-23-26-7-2-1-3-8-26)34-31-14-16-41(33-12-6-10-27-9-4-5-11-30(27)33)22-32(31)39-35(40-34)49-25-29-24-48-20-19-43(29)36(45)46/h1-12,28-29H,13-14,16-25H2,(H,45,46)/t28-,29-/m0/s1. The molecule has 0 unspecified atom stereocenters. The van der Waals surface area contributed by atoms with Crippen molar-refractivity contribution in [3.05, 3.63) is 89.6 Å². The molecule has 3 aliphatic rings. The van der Waals surface area contributed by atoms with E-state index in [-0.39, 0.29) is 38.8 Å². The average molecular weight is 678 g/mol. The number of nitriles is 1. The number of amides is 2. The van der Waals surface area contributed by atoms with Gasteiger partial charge in [0.2, 0.25) is 0 Å². The summed E-state index contributed by atoms with van der Waals surface area (Å²) < 4.78 is 17.4. The average Bonchev–Trinajstić information content (AvgIpc) is 3.16. The van der Waals surface area contributed by atoms with Gasteiger partial charge in [-0.3, -0.25) is 4.90 Å². The Morgan fingerprint density at radius 3 is 2.58 bits per heavy atom. The Morgan fingerprint density at radius 1 is 0.920 bits per heavy atom. The van der Waals surface area contributed by atoms with E-state index in [1.165, 1.54) is 4.90 Å². The predicted octanol–water partition coefficient (Wildman–Crippen LogP) is 4.69. The molecule has 2 fully saturated rings. The van der Waals surface area contributed by atoms with Gasteiger partial charge >= 0.3 is 18.2 Å². The van der Waals surface area contributed by atoms with E-state index in [0.29, 0.717) is 45.0 Å². The number of hydrogen-bond acceptors (Lipinski definition) is 10. The number of nitrogens with zero attached hydrogens (tertiary/aromatic N) is 7. The van der Waals surface area contributed by atoms with Crippen LogP contribution in [-0.2, 0) is 29.0 Å². The lowest BCUT2D eigenvalue weighted by Gasteiger charge is -2.42. The number of carbonyl (C=O) groups excluding carboxylic acids is 1. The number of carboxylic acid groups (broad SMARTS) is 1. The van der Waals surface area contributed by atoms with Crippen LogP contribution in [0.2, 0.25) is 0 Å². The molecule has 13 heteroatoms. The lowest BCUT2D eigenvalue weighted by Crippen LogP contribution is -2.55. The van der Waals surface area contributed by atoms with Gasteiger partial charge in [0.1, 0.15) is 19.0 Å². The number of ether oxygens (including phenoxy) is 3. The third-order valence-corrected chi connectivity index (χ3v) is 9.56. The van der Waals surface area contributed by atoms with Crippen LogP contribution in [0.5, 0.6) is 6.01 Å². The van der Waals surface area contributed by atoms with Gasteiger partial charge in [0.05, 0.1) is 50.0 Å². The van der Waals surface area contributed by atoms with E-state index in [9.17, 15) is 20.0 Å². The lowest BCUT2D eigenvalue weighted by atomic mass is 10.0. The second kappa shape index (κ2) is 14.9. The molecule has 0 saturated carbocycles. The van der Waals surface area contributed by atoms with Crippen molar-refractivity contribution in [2.75, 3.05) is 62.3 Å². The van der Waals surface area contributed by atoms with Crippen molar-refractivity contribution in [1.82, 2.24) is 19.8 Å². The van der Waals surface area contributed by atoms with Gasteiger partial charge in [-0.2, -0.15) is 15.2 Å². The van der Waals surface area contributed by atoms with Gasteiger partial charge in [-0.15, -0.1) is 0 Å². The Morgan fingerprint density at radius 2 is 1.74 bits per heavy atom.